The molecule has 0 amide bonds. The zero-order valence-electron chi connectivity index (χ0n) is 9.01. The molecule has 0 bridgehead atoms. The molecule has 0 saturated carbocycles. The summed E-state index contributed by atoms with van der Waals surface area (Å²) < 4.78 is 6.03. The van der Waals surface area contributed by atoms with Crippen LogP contribution in [0.4, 0.5) is 0 Å². The number of hydrogen-bond donors (Lipinski definition) is 0. The van der Waals surface area contributed by atoms with Gasteiger partial charge in [0.15, 0.2) is 0 Å². The second-order valence-corrected chi connectivity index (χ2v) is 5.15. The number of carbonyl (C=O) groups excluding carboxylic acids is 1. The van der Waals surface area contributed by atoms with Gasteiger partial charge in [0.25, 0.3) is 0 Å². The van der Waals surface area contributed by atoms with Crippen LogP contribution in [-0.2, 0) is 9.53 Å². The van der Waals surface area contributed by atoms with Crippen LogP contribution in [-0.4, -0.2) is 22.1 Å². The largest absolute Gasteiger partial charge is 0.464 e. The molecule has 0 saturated heterocycles. The van der Waals surface area contributed by atoms with E-state index in [0.29, 0.717) is 12.3 Å². The minimum Gasteiger partial charge on any atom is -0.464 e. The Kier molecular flexibility index (Phi) is 5.79. The number of ether oxygens (including phenoxy) is 1. The first kappa shape index (κ1) is 14.0. The molecule has 0 aromatic carbocycles. The highest BCUT2D eigenvalue weighted by atomic mass is 35.5. The minimum absolute atomic E-state index is 0.186. The third kappa shape index (κ3) is 5.68. The Morgan fingerprint density at radius 2 is 1.93 bits per heavy atom. The van der Waals surface area contributed by atoms with Crippen LogP contribution in [0.25, 0.3) is 0 Å². The van der Waals surface area contributed by atoms with E-state index in [2.05, 4.69) is 0 Å². The molecule has 0 aromatic rings. The van der Waals surface area contributed by atoms with Crippen molar-refractivity contribution >= 4 is 29.5 Å². The maximum atomic E-state index is 11.2. The molecule has 3 nitrogen and oxygen atoms in total. The summed E-state index contributed by atoms with van der Waals surface area (Å²) >= 11 is 11.1. The standard InChI is InChI=1S/C9H17Cl2NO2/c1-7(2)5-8(13)14-6-9(3,4)12(10)11/h7H,5-6H2,1-4H3. The molecular weight excluding hydrogens is 225 g/mol. The predicted octanol–water partition coefficient (Wildman–Crippen LogP) is 2.96. The number of halogens is 2. The lowest BCUT2D eigenvalue weighted by Gasteiger charge is -2.26. The quantitative estimate of drug-likeness (QED) is 0.548. The van der Waals surface area contributed by atoms with Gasteiger partial charge in [-0.05, 0) is 43.3 Å². The van der Waals surface area contributed by atoms with Crippen molar-refractivity contribution in [2.75, 3.05) is 6.61 Å². The second kappa shape index (κ2) is 5.79. The Labute approximate surface area is 95.5 Å². The van der Waals surface area contributed by atoms with E-state index < -0.39 is 5.54 Å². The van der Waals surface area contributed by atoms with Crippen LogP contribution in [0.1, 0.15) is 34.1 Å². The number of carbonyl (C=O) groups is 1. The SMILES string of the molecule is CC(C)CC(=O)OCC(C)(C)N(Cl)Cl. The van der Waals surface area contributed by atoms with E-state index in [0.717, 1.165) is 3.94 Å². The van der Waals surface area contributed by atoms with Gasteiger partial charge >= 0.3 is 5.97 Å². The minimum atomic E-state index is -0.560. The van der Waals surface area contributed by atoms with Crippen molar-refractivity contribution in [1.29, 1.82) is 0 Å². The second-order valence-electron chi connectivity index (χ2n) is 4.30. The van der Waals surface area contributed by atoms with Gasteiger partial charge in [0.2, 0.25) is 0 Å². The first-order valence-corrected chi connectivity index (χ1v) is 5.20. The molecule has 0 heterocycles. The first-order valence-electron chi connectivity index (χ1n) is 4.53. The predicted molar refractivity (Wildman–Crippen MR) is 58.0 cm³/mol. The lowest BCUT2D eigenvalue weighted by molar-refractivity contribution is -0.146. The lowest BCUT2D eigenvalue weighted by atomic mass is 10.1. The molecule has 0 aliphatic heterocycles. The average Bonchev–Trinajstić information content (AvgIpc) is 1.99. The highest BCUT2D eigenvalue weighted by Crippen LogP contribution is 2.20. The number of hydrogen-bond acceptors (Lipinski definition) is 3. The van der Waals surface area contributed by atoms with Crippen LogP contribution in [0.15, 0.2) is 0 Å². The fourth-order valence-corrected chi connectivity index (χ4v) is 0.796. The molecule has 14 heavy (non-hydrogen) atoms. The normalized spacial score (nSPS) is 12.3. The summed E-state index contributed by atoms with van der Waals surface area (Å²) in [6.07, 6.45) is 0.417. The summed E-state index contributed by atoms with van der Waals surface area (Å²) in [6.45, 7) is 7.68. The summed E-state index contributed by atoms with van der Waals surface area (Å²) in [5, 5.41) is 0. The molecule has 0 aliphatic carbocycles. The molecule has 0 atom stereocenters. The molecule has 0 radical (unpaired) electrons. The Morgan fingerprint density at radius 1 is 1.43 bits per heavy atom. The highest BCUT2D eigenvalue weighted by Gasteiger charge is 2.26. The van der Waals surface area contributed by atoms with Crippen LogP contribution >= 0.6 is 23.6 Å². The molecule has 5 heteroatoms. The summed E-state index contributed by atoms with van der Waals surface area (Å²) in [5.41, 5.74) is -0.560. The van der Waals surface area contributed by atoms with Crippen molar-refractivity contribution in [3.05, 3.63) is 0 Å². The van der Waals surface area contributed by atoms with E-state index in [1.165, 1.54) is 0 Å². The third-order valence-corrected chi connectivity index (χ3v) is 2.53. The monoisotopic (exact) mass is 241 g/mol. The summed E-state index contributed by atoms with van der Waals surface area (Å²) in [7, 11) is 0. The van der Waals surface area contributed by atoms with Gasteiger partial charge in [0, 0.05) is 6.42 Å². The Balaban J connectivity index is 3.88. The molecular formula is C9H17Cl2NO2. The zero-order valence-corrected chi connectivity index (χ0v) is 10.5. The summed E-state index contributed by atoms with van der Waals surface area (Å²) in [5.74, 6) is 0.0805. The van der Waals surface area contributed by atoms with Crippen LogP contribution in [0.3, 0.4) is 0 Å². The van der Waals surface area contributed by atoms with Gasteiger partial charge in [-0.2, -0.15) is 0 Å². The smallest absolute Gasteiger partial charge is 0.306 e. The average molecular weight is 242 g/mol. The van der Waals surface area contributed by atoms with E-state index in [9.17, 15) is 4.79 Å². The maximum absolute atomic E-state index is 11.2. The topological polar surface area (TPSA) is 29.5 Å². The van der Waals surface area contributed by atoms with Gasteiger partial charge in [-0.15, -0.1) is 3.94 Å². The number of esters is 1. The van der Waals surface area contributed by atoms with Gasteiger partial charge in [-0.25, -0.2) is 0 Å². The maximum Gasteiger partial charge on any atom is 0.306 e. The molecule has 0 unspecified atom stereocenters. The molecule has 0 rings (SSSR count). The van der Waals surface area contributed by atoms with Crippen molar-refractivity contribution < 1.29 is 9.53 Å². The molecule has 0 N–H and O–H groups in total. The Hall–Kier alpha value is 0.01000. The molecule has 0 spiro atoms. The third-order valence-electron chi connectivity index (χ3n) is 1.62. The summed E-state index contributed by atoms with van der Waals surface area (Å²) in [6, 6.07) is 0. The van der Waals surface area contributed by atoms with Crippen LogP contribution in [0.5, 0.6) is 0 Å². The van der Waals surface area contributed by atoms with Crippen molar-refractivity contribution in [1.82, 2.24) is 3.94 Å². The Bertz CT molecular complexity index is 193. The summed E-state index contributed by atoms with van der Waals surface area (Å²) in [4.78, 5) is 11.2. The number of rotatable bonds is 5. The van der Waals surface area contributed by atoms with E-state index in [4.69, 9.17) is 28.3 Å². The van der Waals surface area contributed by atoms with E-state index >= 15 is 0 Å². The Morgan fingerprint density at radius 3 is 2.29 bits per heavy atom. The fourth-order valence-electron chi connectivity index (χ4n) is 0.698. The van der Waals surface area contributed by atoms with Gasteiger partial charge in [0.1, 0.15) is 6.61 Å². The molecule has 84 valence electrons. The van der Waals surface area contributed by atoms with Crippen molar-refractivity contribution in [2.45, 2.75) is 39.7 Å². The van der Waals surface area contributed by atoms with Crippen molar-refractivity contribution in [3.63, 3.8) is 0 Å². The first-order chi connectivity index (χ1) is 6.25. The van der Waals surface area contributed by atoms with E-state index in [1.807, 2.05) is 13.8 Å². The molecule has 0 fully saturated rings. The van der Waals surface area contributed by atoms with Crippen molar-refractivity contribution in [3.8, 4) is 0 Å². The van der Waals surface area contributed by atoms with Gasteiger partial charge in [-0.1, -0.05) is 13.8 Å². The van der Waals surface area contributed by atoms with Crippen LogP contribution < -0.4 is 0 Å². The fraction of sp³-hybridized carbons (Fsp3) is 0.889. The van der Waals surface area contributed by atoms with Crippen LogP contribution in [0.2, 0.25) is 0 Å². The molecule has 0 aliphatic rings. The zero-order chi connectivity index (χ0) is 11.4. The highest BCUT2D eigenvalue weighted by molar-refractivity contribution is 6.34. The molecule has 0 aromatic heterocycles. The van der Waals surface area contributed by atoms with Gasteiger partial charge in [0.05, 0.1) is 5.54 Å². The van der Waals surface area contributed by atoms with E-state index in [-0.39, 0.29) is 12.6 Å². The van der Waals surface area contributed by atoms with Gasteiger partial charge in [-0.3, -0.25) is 4.79 Å². The van der Waals surface area contributed by atoms with Crippen LogP contribution in [0, 0.1) is 5.92 Å². The van der Waals surface area contributed by atoms with Gasteiger partial charge < -0.3 is 4.74 Å². The van der Waals surface area contributed by atoms with Crippen molar-refractivity contribution in [2.24, 2.45) is 5.92 Å². The van der Waals surface area contributed by atoms with E-state index in [1.54, 1.807) is 13.8 Å². The number of nitrogens with zero attached hydrogens (tertiary/aromatic N) is 1. The lowest BCUT2D eigenvalue weighted by Crippen LogP contribution is -2.37.